The standard InChI is InChI=1S/C22H26N4O3/c27-19(18-4-2-12-29-18)26-10-6-21(7-11-26)15-25(14-17-3-1-8-23-13-17)16-22(21)5-9-24-20(22)28/h1-4,8,12-13H,5-7,9-11,14-16H2,(H,24,28)/t22-/m0/s1. The summed E-state index contributed by atoms with van der Waals surface area (Å²) in [6, 6.07) is 7.50. The molecule has 2 amide bonds. The van der Waals surface area contributed by atoms with Gasteiger partial charge in [-0.25, -0.2) is 0 Å². The fourth-order valence-corrected chi connectivity index (χ4v) is 5.71. The second-order valence-electron chi connectivity index (χ2n) is 8.64. The third-order valence-corrected chi connectivity index (χ3v) is 7.18. The molecule has 5 rings (SSSR count). The van der Waals surface area contributed by atoms with Crippen LogP contribution in [0.5, 0.6) is 0 Å². The van der Waals surface area contributed by atoms with Crippen LogP contribution in [0.2, 0.25) is 0 Å². The molecule has 0 bridgehead atoms. The summed E-state index contributed by atoms with van der Waals surface area (Å²) in [5, 5.41) is 3.09. The predicted molar refractivity (Wildman–Crippen MR) is 106 cm³/mol. The molecule has 0 aromatic carbocycles. The van der Waals surface area contributed by atoms with E-state index in [1.54, 1.807) is 18.3 Å². The number of piperidine rings is 1. The van der Waals surface area contributed by atoms with Crippen LogP contribution < -0.4 is 5.32 Å². The van der Waals surface area contributed by atoms with Crippen molar-refractivity contribution in [3.63, 3.8) is 0 Å². The normalized spacial score (nSPS) is 26.3. The number of furan rings is 1. The zero-order valence-electron chi connectivity index (χ0n) is 16.5. The highest BCUT2D eigenvalue weighted by Gasteiger charge is 2.63. The Bertz CT molecular complexity index is 890. The Morgan fingerprint density at radius 1 is 1.17 bits per heavy atom. The fourth-order valence-electron chi connectivity index (χ4n) is 5.71. The number of rotatable bonds is 3. The smallest absolute Gasteiger partial charge is 0.289 e. The van der Waals surface area contributed by atoms with Crippen LogP contribution in [0.15, 0.2) is 47.3 Å². The van der Waals surface area contributed by atoms with E-state index in [1.807, 2.05) is 17.2 Å². The van der Waals surface area contributed by atoms with Gasteiger partial charge in [0.15, 0.2) is 5.76 Å². The molecule has 2 aromatic heterocycles. The van der Waals surface area contributed by atoms with Crippen LogP contribution in [0, 0.1) is 10.8 Å². The molecule has 152 valence electrons. The molecule has 3 fully saturated rings. The lowest BCUT2D eigenvalue weighted by atomic mass is 9.60. The molecule has 0 saturated carbocycles. The zero-order valence-corrected chi connectivity index (χ0v) is 16.5. The number of likely N-dealkylation sites (tertiary alicyclic amines) is 2. The van der Waals surface area contributed by atoms with E-state index in [9.17, 15) is 9.59 Å². The summed E-state index contributed by atoms with van der Waals surface area (Å²) in [5.41, 5.74) is 0.730. The Labute approximate surface area is 170 Å². The maximum absolute atomic E-state index is 13.0. The van der Waals surface area contributed by atoms with Crippen molar-refractivity contribution in [2.24, 2.45) is 10.8 Å². The maximum atomic E-state index is 13.0. The summed E-state index contributed by atoms with van der Waals surface area (Å²) >= 11 is 0. The third kappa shape index (κ3) is 2.95. The summed E-state index contributed by atoms with van der Waals surface area (Å²) in [5.74, 6) is 0.524. The number of carbonyl (C=O) groups is 2. The van der Waals surface area contributed by atoms with Crippen LogP contribution in [0.3, 0.4) is 0 Å². The third-order valence-electron chi connectivity index (χ3n) is 7.18. The summed E-state index contributed by atoms with van der Waals surface area (Å²) in [6.45, 7) is 4.54. The summed E-state index contributed by atoms with van der Waals surface area (Å²) < 4.78 is 5.29. The van der Waals surface area contributed by atoms with Crippen molar-refractivity contribution in [2.45, 2.75) is 25.8 Å². The molecule has 1 N–H and O–H groups in total. The lowest BCUT2D eigenvalue weighted by Gasteiger charge is -2.46. The highest BCUT2D eigenvalue weighted by molar-refractivity contribution is 5.91. The lowest BCUT2D eigenvalue weighted by Crippen LogP contribution is -2.53. The first-order chi connectivity index (χ1) is 14.1. The van der Waals surface area contributed by atoms with Crippen LogP contribution >= 0.6 is 0 Å². The van der Waals surface area contributed by atoms with Gasteiger partial charge in [0.2, 0.25) is 5.91 Å². The van der Waals surface area contributed by atoms with E-state index in [-0.39, 0.29) is 22.6 Å². The number of amides is 2. The van der Waals surface area contributed by atoms with Crippen LogP contribution in [-0.2, 0) is 11.3 Å². The fraction of sp³-hybridized carbons (Fsp3) is 0.500. The lowest BCUT2D eigenvalue weighted by molar-refractivity contribution is -0.133. The van der Waals surface area contributed by atoms with Gasteiger partial charge < -0.3 is 14.6 Å². The molecule has 7 nitrogen and oxygen atoms in total. The first-order valence-corrected chi connectivity index (χ1v) is 10.3. The van der Waals surface area contributed by atoms with Gasteiger partial charge in [0, 0.05) is 57.1 Å². The van der Waals surface area contributed by atoms with Gasteiger partial charge in [-0.2, -0.15) is 0 Å². The van der Waals surface area contributed by atoms with Crippen molar-refractivity contribution >= 4 is 11.8 Å². The van der Waals surface area contributed by atoms with Crippen molar-refractivity contribution in [3.8, 4) is 0 Å². The van der Waals surface area contributed by atoms with Crippen molar-refractivity contribution < 1.29 is 14.0 Å². The Hall–Kier alpha value is -2.67. The van der Waals surface area contributed by atoms with E-state index < -0.39 is 0 Å². The molecule has 2 spiro atoms. The van der Waals surface area contributed by atoms with Gasteiger partial charge in [0.05, 0.1) is 11.7 Å². The largest absolute Gasteiger partial charge is 0.459 e. The summed E-state index contributed by atoms with van der Waals surface area (Å²) in [7, 11) is 0. The number of carbonyl (C=O) groups excluding carboxylic acids is 2. The Morgan fingerprint density at radius 3 is 2.69 bits per heavy atom. The first-order valence-electron chi connectivity index (χ1n) is 10.3. The van der Waals surface area contributed by atoms with E-state index in [4.69, 9.17) is 4.42 Å². The van der Waals surface area contributed by atoms with Gasteiger partial charge >= 0.3 is 0 Å². The molecule has 2 aromatic rings. The van der Waals surface area contributed by atoms with Gasteiger partial charge in [-0.05, 0) is 43.0 Å². The SMILES string of the molecule is O=C(c1ccco1)N1CCC2(CC1)CN(Cc1cccnc1)C[C@]21CCNC1=O. The number of hydrogen-bond acceptors (Lipinski definition) is 5. The van der Waals surface area contributed by atoms with Crippen LogP contribution in [0.1, 0.15) is 35.4 Å². The van der Waals surface area contributed by atoms with E-state index in [0.29, 0.717) is 18.8 Å². The van der Waals surface area contributed by atoms with Gasteiger partial charge in [0.25, 0.3) is 5.91 Å². The molecular formula is C22H26N4O3. The molecule has 0 aliphatic carbocycles. The molecule has 29 heavy (non-hydrogen) atoms. The maximum Gasteiger partial charge on any atom is 0.289 e. The molecule has 0 unspecified atom stereocenters. The number of nitrogens with zero attached hydrogens (tertiary/aromatic N) is 3. The van der Waals surface area contributed by atoms with Gasteiger partial charge in [-0.15, -0.1) is 0 Å². The average Bonchev–Trinajstić information content (AvgIpc) is 3.45. The predicted octanol–water partition coefficient (Wildman–Crippen LogP) is 1.92. The molecular weight excluding hydrogens is 368 g/mol. The van der Waals surface area contributed by atoms with E-state index in [2.05, 4.69) is 21.3 Å². The molecule has 0 radical (unpaired) electrons. The van der Waals surface area contributed by atoms with E-state index in [1.165, 1.54) is 11.8 Å². The summed E-state index contributed by atoms with van der Waals surface area (Å²) in [4.78, 5) is 34.2. The van der Waals surface area contributed by atoms with Crippen LogP contribution in [0.4, 0.5) is 0 Å². The molecule has 3 aliphatic rings. The minimum absolute atomic E-state index is 0.0556. The molecule has 1 atom stereocenters. The monoisotopic (exact) mass is 394 g/mol. The van der Waals surface area contributed by atoms with Crippen molar-refractivity contribution in [2.75, 3.05) is 32.7 Å². The molecule has 3 saturated heterocycles. The Balaban J connectivity index is 1.36. The highest BCUT2D eigenvalue weighted by Crippen LogP contribution is 2.56. The van der Waals surface area contributed by atoms with E-state index >= 15 is 0 Å². The number of aromatic nitrogens is 1. The Kier molecular flexibility index (Phi) is 4.42. The zero-order chi connectivity index (χ0) is 19.9. The van der Waals surface area contributed by atoms with Crippen molar-refractivity contribution in [1.29, 1.82) is 0 Å². The van der Waals surface area contributed by atoms with Gasteiger partial charge in [-0.1, -0.05) is 6.07 Å². The van der Waals surface area contributed by atoms with Gasteiger partial charge in [-0.3, -0.25) is 19.5 Å². The minimum atomic E-state index is -0.352. The molecule has 7 heteroatoms. The van der Waals surface area contributed by atoms with Gasteiger partial charge in [0.1, 0.15) is 0 Å². The van der Waals surface area contributed by atoms with E-state index in [0.717, 1.165) is 45.4 Å². The minimum Gasteiger partial charge on any atom is -0.459 e. The first kappa shape index (κ1) is 18.4. The number of nitrogens with one attached hydrogen (secondary N) is 1. The quantitative estimate of drug-likeness (QED) is 0.861. The molecule has 5 heterocycles. The van der Waals surface area contributed by atoms with Crippen LogP contribution in [0.25, 0.3) is 0 Å². The van der Waals surface area contributed by atoms with Crippen LogP contribution in [-0.4, -0.2) is 59.3 Å². The average molecular weight is 394 g/mol. The summed E-state index contributed by atoms with van der Waals surface area (Å²) in [6.07, 6.45) is 7.78. The highest BCUT2D eigenvalue weighted by atomic mass is 16.3. The van der Waals surface area contributed by atoms with Crippen molar-refractivity contribution in [1.82, 2.24) is 20.1 Å². The second kappa shape index (κ2) is 6.99. The molecule has 3 aliphatic heterocycles. The topological polar surface area (TPSA) is 78.7 Å². The number of pyridine rings is 1. The second-order valence-corrected chi connectivity index (χ2v) is 8.64. The Morgan fingerprint density at radius 2 is 2.03 bits per heavy atom. The number of fused-ring (bicyclic) bond motifs is 1. The van der Waals surface area contributed by atoms with Crippen molar-refractivity contribution in [3.05, 3.63) is 54.2 Å². The number of hydrogen-bond donors (Lipinski definition) is 1.